The van der Waals surface area contributed by atoms with Crippen LogP contribution >= 0.6 is 0 Å². The van der Waals surface area contributed by atoms with Gasteiger partial charge < -0.3 is 14.6 Å². The molecule has 0 saturated carbocycles. The molecular weight excluding hydrogens is 224 g/mol. The zero-order valence-electron chi connectivity index (χ0n) is 9.30. The van der Waals surface area contributed by atoms with Gasteiger partial charge in [-0.1, -0.05) is 0 Å². The molecule has 1 atom stereocenters. The number of carbonyl (C=O) groups excluding carboxylic acids is 2. The molecule has 1 aromatic heterocycles. The largest absolute Gasteiger partial charge is 0.469 e. The van der Waals surface area contributed by atoms with Crippen LogP contribution in [0.4, 0.5) is 5.69 Å². The fourth-order valence-corrected chi connectivity index (χ4v) is 1.89. The number of pyridine rings is 1. The molecular formula is C11H12N2O4. The Morgan fingerprint density at radius 1 is 1.53 bits per heavy atom. The number of aromatic nitrogens is 1. The van der Waals surface area contributed by atoms with Gasteiger partial charge in [0, 0.05) is 19.2 Å². The molecule has 17 heavy (non-hydrogen) atoms. The monoisotopic (exact) mass is 236 g/mol. The summed E-state index contributed by atoms with van der Waals surface area (Å²) in [6, 6.07) is 3.19. The lowest BCUT2D eigenvalue weighted by molar-refractivity contribution is -0.145. The van der Waals surface area contributed by atoms with Crippen molar-refractivity contribution in [2.45, 2.75) is 6.42 Å². The maximum atomic E-state index is 11.7. The molecule has 0 spiro atoms. The fraction of sp³-hybridized carbons (Fsp3) is 0.364. The number of H-pyrrole nitrogens is 1. The van der Waals surface area contributed by atoms with Gasteiger partial charge >= 0.3 is 5.97 Å². The first-order valence-electron chi connectivity index (χ1n) is 5.19. The number of esters is 1. The number of hydrogen-bond donors (Lipinski definition) is 1. The van der Waals surface area contributed by atoms with Crippen LogP contribution < -0.4 is 10.5 Å². The van der Waals surface area contributed by atoms with Gasteiger partial charge in [0.05, 0.1) is 13.0 Å². The van der Waals surface area contributed by atoms with Crippen LogP contribution in [0, 0.1) is 5.92 Å². The summed E-state index contributed by atoms with van der Waals surface area (Å²) in [6.07, 6.45) is 1.57. The van der Waals surface area contributed by atoms with Crippen molar-refractivity contribution in [1.29, 1.82) is 0 Å². The number of aromatic amines is 1. The number of rotatable bonds is 2. The van der Waals surface area contributed by atoms with Gasteiger partial charge in [-0.3, -0.25) is 14.4 Å². The maximum Gasteiger partial charge on any atom is 0.311 e. The van der Waals surface area contributed by atoms with Gasteiger partial charge in [0.1, 0.15) is 5.69 Å². The van der Waals surface area contributed by atoms with E-state index in [1.807, 2.05) is 0 Å². The van der Waals surface area contributed by atoms with E-state index in [0.717, 1.165) is 0 Å². The molecule has 2 rings (SSSR count). The van der Waals surface area contributed by atoms with Crippen molar-refractivity contribution in [2.75, 3.05) is 18.6 Å². The van der Waals surface area contributed by atoms with E-state index < -0.39 is 11.9 Å². The highest BCUT2D eigenvalue weighted by molar-refractivity contribution is 5.99. The predicted octanol–water partition coefficient (Wildman–Crippen LogP) is -0.0992. The van der Waals surface area contributed by atoms with Crippen LogP contribution in [-0.4, -0.2) is 30.5 Å². The number of carbonyl (C=O) groups is 2. The summed E-state index contributed by atoms with van der Waals surface area (Å²) in [6.45, 7) is 0.193. The minimum atomic E-state index is -0.493. The minimum absolute atomic E-state index is 0.0843. The highest BCUT2D eigenvalue weighted by atomic mass is 16.5. The van der Waals surface area contributed by atoms with E-state index >= 15 is 0 Å². The fourth-order valence-electron chi connectivity index (χ4n) is 1.89. The van der Waals surface area contributed by atoms with Crippen LogP contribution in [0.1, 0.15) is 6.42 Å². The molecule has 2 heterocycles. The minimum Gasteiger partial charge on any atom is -0.469 e. The average molecular weight is 236 g/mol. The Bertz CT molecular complexity index is 508. The van der Waals surface area contributed by atoms with E-state index in [9.17, 15) is 14.4 Å². The molecule has 1 aliphatic rings. The molecule has 0 aliphatic carbocycles. The maximum absolute atomic E-state index is 11.7. The molecule has 1 saturated heterocycles. The highest BCUT2D eigenvalue weighted by Crippen LogP contribution is 2.22. The topological polar surface area (TPSA) is 79.5 Å². The number of nitrogens with zero attached hydrogens (tertiary/aromatic N) is 1. The molecule has 1 amide bonds. The summed E-state index contributed by atoms with van der Waals surface area (Å²) in [7, 11) is 1.28. The van der Waals surface area contributed by atoms with E-state index in [2.05, 4.69) is 9.72 Å². The van der Waals surface area contributed by atoms with Crippen LogP contribution in [0.2, 0.25) is 0 Å². The summed E-state index contributed by atoms with van der Waals surface area (Å²) >= 11 is 0. The number of ether oxygens (including phenoxy) is 1. The Morgan fingerprint density at radius 3 is 2.94 bits per heavy atom. The average Bonchev–Trinajstić information content (AvgIpc) is 2.71. The second-order valence-electron chi connectivity index (χ2n) is 3.81. The van der Waals surface area contributed by atoms with Crippen molar-refractivity contribution >= 4 is 17.6 Å². The molecule has 1 aliphatic heterocycles. The Kier molecular flexibility index (Phi) is 2.95. The van der Waals surface area contributed by atoms with Gasteiger partial charge in [-0.15, -0.1) is 0 Å². The first kappa shape index (κ1) is 11.4. The molecule has 6 heteroatoms. The van der Waals surface area contributed by atoms with Crippen LogP contribution in [0.25, 0.3) is 0 Å². The summed E-state index contributed by atoms with van der Waals surface area (Å²) < 4.78 is 4.59. The SMILES string of the molecule is COC(=O)C1CC(=O)N(c2ccc[nH]c2=O)C1. The van der Waals surface area contributed by atoms with Crippen molar-refractivity contribution in [3.63, 3.8) is 0 Å². The molecule has 1 unspecified atom stereocenters. The highest BCUT2D eigenvalue weighted by Gasteiger charge is 2.36. The summed E-state index contributed by atoms with van der Waals surface area (Å²) in [5.74, 6) is -1.16. The van der Waals surface area contributed by atoms with Gasteiger partial charge in [-0.05, 0) is 12.1 Å². The third-order valence-corrected chi connectivity index (χ3v) is 2.75. The summed E-state index contributed by atoms with van der Waals surface area (Å²) in [4.78, 5) is 38.4. The molecule has 0 radical (unpaired) electrons. The van der Waals surface area contributed by atoms with E-state index in [1.54, 1.807) is 12.1 Å². The Hall–Kier alpha value is -2.11. The van der Waals surface area contributed by atoms with Gasteiger partial charge in [0.25, 0.3) is 5.56 Å². The van der Waals surface area contributed by atoms with E-state index in [4.69, 9.17) is 0 Å². The van der Waals surface area contributed by atoms with Crippen molar-refractivity contribution in [2.24, 2.45) is 5.92 Å². The molecule has 6 nitrogen and oxygen atoms in total. The normalized spacial score (nSPS) is 19.5. The van der Waals surface area contributed by atoms with Crippen LogP contribution in [0.5, 0.6) is 0 Å². The lowest BCUT2D eigenvalue weighted by Crippen LogP contribution is -2.31. The second kappa shape index (κ2) is 4.40. The quantitative estimate of drug-likeness (QED) is 0.727. The molecule has 1 N–H and O–H groups in total. The van der Waals surface area contributed by atoms with Crippen molar-refractivity contribution in [1.82, 2.24) is 4.98 Å². The smallest absolute Gasteiger partial charge is 0.311 e. The molecule has 1 fully saturated rings. The van der Waals surface area contributed by atoms with E-state index in [-0.39, 0.29) is 30.1 Å². The standard InChI is InChI=1S/C11H12N2O4/c1-17-11(16)7-5-9(14)13(6-7)8-3-2-4-12-10(8)15/h2-4,7H,5-6H2,1H3,(H,12,15). The zero-order chi connectivity index (χ0) is 12.4. The van der Waals surface area contributed by atoms with Crippen LogP contribution in [0.15, 0.2) is 23.1 Å². The predicted molar refractivity (Wildman–Crippen MR) is 59.5 cm³/mol. The van der Waals surface area contributed by atoms with Crippen LogP contribution in [-0.2, 0) is 14.3 Å². The lowest BCUT2D eigenvalue weighted by Gasteiger charge is -2.14. The van der Waals surface area contributed by atoms with E-state index in [0.29, 0.717) is 0 Å². The third kappa shape index (κ3) is 2.06. The Labute approximate surface area is 97.2 Å². The van der Waals surface area contributed by atoms with Crippen molar-refractivity contribution in [3.8, 4) is 0 Å². The van der Waals surface area contributed by atoms with Gasteiger partial charge in [0.15, 0.2) is 0 Å². The summed E-state index contributed by atoms with van der Waals surface area (Å²) in [5, 5.41) is 0. The number of nitrogens with one attached hydrogen (secondary N) is 1. The molecule has 90 valence electrons. The number of amides is 1. The van der Waals surface area contributed by atoms with Crippen molar-refractivity contribution < 1.29 is 14.3 Å². The Balaban J connectivity index is 2.25. The molecule has 0 aromatic carbocycles. The third-order valence-electron chi connectivity index (χ3n) is 2.75. The number of hydrogen-bond acceptors (Lipinski definition) is 4. The van der Waals surface area contributed by atoms with Crippen molar-refractivity contribution in [3.05, 3.63) is 28.7 Å². The summed E-state index contributed by atoms with van der Waals surface area (Å²) in [5.41, 5.74) is -0.0738. The second-order valence-corrected chi connectivity index (χ2v) is 3.81. The first-order chi connectivity index (χ1) is 8.13. The van der Waals surface area contributed by atoms with E-state index in [1.165, 1.54) is 18.2 Å². The Morgan fingerprint density at radius 2 is 2.29 bits per heavy atom. The zero-order valence-corrected chi connectivity index (χ0v) is 9.30. The molecule has 1 aromatic rings. The van der Waals surface area contributed by atoms with Gasteiger partial charge in [-0.2, -0.15) is 0 Å². The first-order valence-corrected chi connectivity index (χ1v) is 5.19. The molecule has 0 bridgehead atoms. The van der Waals surface area contributed by atoms with Gasteiger partial charge in [-0.25, -0.2) is 0 Å². The lowest BCUT2D eigenvalue weighted by atomic mass is 10.1. The van der Waals surface area contributed by atoms with Gasteiger partial charge in [0.2, 0.25) is 5.91 Å². The van der Waals surface area contributed by atoms with Crippen LogP contribution in [0.3, 0.4) is 0 Å². The number of anilines is 1. The number of methoxy groups -OCH3 is 1.